The summed E-state index contributed by atoms with van der Waals surface area (Å²) >= 11 is 1.16. The molecule has 0 atom stereocenters. The number of alkyl halides is 3. The lowest BCUT2D eigenvalue weighted by atomic mass is 10.2. The minimum absolute atomic E-state index is 0.358. The van der Waals surface area contributed by atoms with Crippen molar-refractivity contribution in [3.8, 4) is 10.6 Å². The topological polar surface area (TPSA) is 42.0 Å². The van der Waals surface area contributed by atoms with E-state index in [4.69, 9.17) is 0 Å². The lowest BCUT2D eigenvalue weighted by molar-refractivity contribution is -0.114. The summed E-state index contributed by atoms with van der Waals surface area (Å²) in [6.07, 6.45) is 0. The highest BCUT2D eigenvalue weighted by atomic mass is 32.2. The molecule has 1 N–H and O–H groups in total. The van der Waals surface area contributed by atoms with Gasteiger partial charge < -0.3 is 5.32 Å². The highest BCUT2D eigenvalue weighted by Gasteiger charge is 2.29. The number of thiazole rings is 1. The number of nitrogens with one attached hydrogen (secondary N) is 1. The van der Waals surface area contributed by atoms with E-state index in [0.29, 0.717) is 5.69 Å². The van der Waals surface area contributed by atoms with Crippen LogP contribution in [0.2, 0.25) is 0 Å². The predicted octanol–water partition coefficient (Wildman–Crippen LogP) is 5.15. The molecular weight excluding hydrogens is 357 g/mol. The van der Waals surface area contributed by atoms with Gasteiger partial charge in [-0.2, -0.15) is 13.2 Å². The molecule has 1 aromatic heterocycles. The number of nitrogens with zero attached hydrogens (tertiary/aromatic N) is 1. The van der Waals surface area contributed by atoms with Crippen LogP contribution in [-0.4, -0.2) is 22.2 Å². The molecule has 0 fully saturated rings. The normalized spacial score (nSPS) is 11.6. The lowest BCUT2D eigenvalue weighted by Crippen LogP contribution is -2.17. The minimum atomic E-state index is -4.42. The summed E-state index contributed by atoms with van der Waals surface area (Å²) < 4.78 is 37.4. The molecule has 1 heterocycles. The number of carbonyl (C=O) groups excluding carboxylic acids is 1. The van der Waals surface area contributed by atoms with E-state index in [-0.39, 0.29) is 11.8 Å². The van der Waals surface area contributed by atoms with E-state index in [9.17, 15) is 18.0 Å². The zero-order valence-electron chi connectivity index (χ0n) is 12.1. The van der Waals surface area contributed by atoms with E-state index in [2.05, 4.69) is 10.3 Å². The number of para-hydroxylation sites is 1. The number of amides is 1. The van der Waals surface area contributed by atoms with Crippen LogP contribution in [0.15, 0.2) is 48.5 Å². The quantitative estimate of drug-likeness (QED) is 0.692. The molecule has 0 radical (unpaired) electrons. The smallest absolute Gasteiger partial charge is 0.325 e. The van der Waals surface area contributed by atoms with Crippen LogP contribution in [0.4, 0.5) is 18.9 Å². The summed E-state index contributed by atoms with van der Waals surface area (Å²) in [6.45, 7) is 0. The Labute approximate surface area is 143 Å². The number of rotatable bonds is 4. The highest BCUT2D eigenvalue weighted by molar-refractivity contribution is 8.00. The largest absolute Gasteiger partial charge is 0.442 e. The van der Waals surface area contributed by atoms with Crippen LogP contribution in [0.3, 0.4) is 0 Å². The second kappa shape index (κ2) is 6.82. The average molecular weight is 368 g/mol. The SMILES string of the molecule is O=C(CSC(F)(F)F)Nc1cccc(-c2nc3ccccc3s2)c1. The summed E-state index contributed by atoms with van der Waals surface area (Å²) in [5, 5.41) is 3.26. The summed E-state index contributed by atoms with van der Waals surface area (Å²) in [4.78, 5) is 16.1. The fraction of sp³-hybridized carbons (Fsp3) is 0.125. The fourth-order valence-corrected chi connectivity index (χ4v) is 3.40. The minimum Gasteiger partial charge on any atom is -0.325 e. The Bertz CT molecular complexity index is 844. The predicted molar refractivity (Wildman–Crippen MR) is 92.2 cm³/mol. The Morgan fingerprint density at radius 2 is 1.96 bits per heavy atom. The Morgan fingerprint density at radius 1 is 1.17 bits per heavy atom. The number of hydrogen-bond donors (Lipinski definition) is 1. The van der Waals surface area contributed by atoms with E-state index < -0.39 is 17.2 Å². The van der Waals surface area contributed by atoms with E-state index in [1.165, 1.54) is 11.3 Å². The van der Waals surface area contributed by atoms with Gasteiger partial charge in [0.1, 0.15) is 5.01 Å². The van der Waals surface area contributed by atoms with Crippen molar-refractivity contribution >= 4 is 44.9 Å². The highest BCUT2D eigenvalue weighted by Crippen LogP contribution is 2.32. The van der Waals surface area contributed by atoms with Gasteiger partial charge in [0.25, 0.3) is 0 Å². The second-order valence-electron chi connectivity index (χ2n) is 4.85. The number of hydrogen-bond acceptors (Lipinski definition) is 4. The number of thioether (sulfide) groups is 1. The molecule has 0 spiro atoms. The standard InChI is InChI=1S/C16H11F3N2OS2/c17-16(18,19)23-9-14(22)20-11-5-3-4-10(8-11)15-21-12-6-1-2-7-13(12)24-15/h1-8H,9H2,(H,20,22). The van der Waals surface area contributed by atoms with Crippen LogP contribution < -0.4 is 5.32 Å². The van der Waals surface area contributed by atoms with Gasteiger partial charge in [-0.25, -0.2) is 4.98 Å². The number of anilines is 1. The maximum atomic E-state index is 12.1. The summed E-state index contributed by atoms with van der Waals surface area (Å²) in [6, 6.07) is 14.6. The molecule has 3 aromatic rings. The molecule has 0 saturated carbocycles. The third-order valence-corrected chi connectivity index (χ3v) is 4.87. The first-order valence-corrected chi connectivity index (χ1v) is 8.67. The number of halogens is 3. The molecule has 0 aliphatic rings. The van der Waals surface area contributed by atoms with Gasteiger partial charge in [-0.15, -0.1) is 11.3 Å². The van der Waals surface area contributed by atoms with Crippen LogP contribution >= 0.6 is 23.1 Å². The Balaban J connectivity index is 1.75. The van der Waals surface area contributed by atoms with Gasteiger partial charge in [-0.1, -0.05) is 24.3 Å². The van der Waals surface area contributed by atoms with Crippen LogP contribution in [0, 0.1) is 0 Å². The van der Waals surface area contributed by atoms with E-state index in [1.807, 2.05) is 30.3 Å². The first kappa shape index (κ1) is 16.8. The zero-order chi connectivity index (χ0) is 17.2. The molecule has 2 aromatic carbocycles. The maximum Gasteiger partial charge on any atom is 0.442 e. The summed E-state index contributed by atoms with van der Waals surface area (Å²) in [7, 11) is 0. The van der Waals surface area contributed by atoms with Crippen molar-refractivity contribution in [2.75, 3.05) is 11.1 Å². The van der Waals surface area contributed by atoms with Crippen LogP contribution in [0.5, 0.6) is 0 Å². The Kier molecular flexibility index (Phi) is 4.77. The Hall–Kier alpha value is -2.06. The van der Waals surface area contributed by atoms with Gasteiger partial charge in [0.2, 0.25) is 5.91 Å². The van der Waals surface area contributed by atoms with Crippen molar-refractivity contribution in [1.82, 2.24) is 4.98 Å². The summed E-state index contributed by atoms with van der Waals surface area (Å²) in [5.41, 5.74) is -2.29. The zero-order valence-corrected chi connectivity index (χ0v) is 13.8. The number of carbonyl (C=O) groups is 1. The first-order chi connectivity index (χ1) is 11.4. The van der Waals surface area contributed by atoms with Crippen molar-refractivity contribution in [2.45, 2.75) is 5.51 Å². The second-order valence-corrected chi connectivity index (χ2v) is 6.92. The van der Waals surface area contributed by atoms with Gasteiger partial charge in [0, 0.05) is 11.3 Å². The molecule has 3 nitrogen and oxygen atoms in total. The summed E-state index contributed by atoms with van der Waals surface area (Å²) in [5.74, 6) is -1.37. The average Bonchev–Trinajstić information content (AvgIpc) is 2.97. The molecule has 0 bridgehead atoms. The van der Waals surface area contributed by atoms with Gasteiger partial charge in [-0.05, 0) is 36.0 Å². The molecular formula is C16H11F3N2OS2. The van der Waals surface area contributed by atoms with Gasteiger partial charge >= 0.3 is 5.51 Å². The Morgan fingerprint density at radius 3 is 2.71 bits per heavy atom. The van der Waals surface area contributed by atoms with Crippen molar-refractivity contribution in [2.24, 2.45) is 0 Å². The third-order valence-electron chi connectivity index (χ3n) is 3.05. The maximum absolute atomic E-state index is 12.1. The molecule has 0 saturated heterocycles. The van der Waals surface area contributed by atoms with E-state index in [1.54, 1.807) is 18.2 Å². The molecule has 0 unspecified atom stereocenters. The van der Waals surface area contributed by atoms with Crippen LogP contribution in [0.1, 0.15) is 0 Å². The van der Waals surface area contributed by atoms with Gasteiger partial charge in [0.05, 0.1) is 16.0 Å². The molecule has 3 rings (SSSR count). The number of fused-ring (bicyclic) bond motifs is 1. The molecule has 8 heteroatoms. The third kappa shape index (κ3) is 4.27. The fourth-order valence-electron chi connectivity index (χ4n) is 2.07. The monoisotopic (exact) mass is 368 g/mol. The number of aromatic nitrogens is 1. The molecule has 24 heavy (non-hydrogen) atoms. The number of benzene rings is 2. The molecule has 1 amide bonds. The first-order valence-electron chi connectivity index (χ1n) is 6.87. The van der Waals surface area contributed by atoms with Crippen LogP contribution in [-0.2, 0) is 4.79 Å². The van der Waals surface area contributed by atoms with Gasteiger partial charge in [0.15, 0.2) is 0 Å². The molecule has 0 aliphatic heterocycles. The van der Waals surface area contributed by atoms with Crippen molar-refractivity contribution in [3.05, 3.63) is 48.5 Å². The molecule has 0 aliphatic carbocycles. The van der Waals surface area contributed by atoms with Crippen LogP contribution in [0.25, 0.3) is 20.8 Å². The van der Waals surface area contributed by atoms with Crippen molar-refractivity contribution in [1.29, 1.82) is 0 Å². The van der Waals surface area contributed by atoms with E-state index >= 15 is 0 Å². The molecule has 124 valence electrons. The van der Waals surface area contributed by atoms with Gasteiger partial charge in [-0.3, -0.25) is 4.79 Å². The van der Waals surface area contributed by atoms with Crippen molar-refractivity contribution < 1.29 is 18.0 Å². The lowest BCUT2D eigenvalue weighted by Gasteiger charge is -2.07. The van der Waals surface area contributed by atoms with Crippen molar-refractivity contribution in [3.63, 3.8) is 0 Å². The van der Waals surface area contributed by atoms with E-state index in [0.717, 1.165) is 20.8 Å².